The number of carboxylic acid groups (broad SMARTS) is 1. The number of hydrogen-bond donors (Lipinski definition) is 2. The lowest BCUT2D eigenvalue weighted by Crippen LogP contribution is -2.30. The van der Waals surface area contributed by atoms with Gasteiger partial charge in [-0.25, -0.2) is 13.2 Å². The summed E-state index contributed by atoms with van der Waals surface area (Å²) >= 11 is 0. The van der Waals surface area contributed by atoms with Gasteiger partial charge in [0.05, 0.1) is 27.8 Å². The van der Waals surface area contributed by atoms with Crippen LogP contribution in [0.3, 0.4) is 0 Å². The summed E-state index contributed by atoms with van der Waals surface area (Å²) in [5.74, 6) is -1.99. The summed E-state index contributed by atoms with van der Waals surface area (Å²) < 4.78 is 27.6. The van der Waals surface area contributed by atoms with Crippen molar-refractivity contribution in [2.45, 2.75) is 17.9 Å². The molecule has 0 saturated heterocycles. The molecule has 33 heavy (non-hydrogen) atoms. The number of rotatable bonds is 7. The van der Waals surface area contributed by atoms with Crippen molar-refractivity contribution in [2.75, 3.05) is 12.4 Å². The van der Waals surface area contributed by atoms with Crippen molar-refractivity contribution < 1.29 is 23.1 Å². The monoisotopic (exact) mass is 463 g/mol. The van der Waals surface area contributed by atoms with Crippen LogP contribution >= 0.6 is 0 Å². The molecule has 0 aliphatic heterocycles. The summed E-state index contributed by atoms with van der Waals surface area (Å²) in [4.78, 5) is 24.2. The quantitative estimate of drug-likeness (QED) is 0.547. The van der Waals surface area contributed by atoms with Gasteiger partial charge in [0.15, 0.2) is 0 Å². The fourth-order valence-corrected chi connectivity index (χ4v) is 4.60. The van der Waals surface area contributed by atoms with E-state index in [0.29, 0.717) is 0 Å². The Kier molecular flexibility index (Phi) is 6.92. The lowest BCUT2D eigenvalue weighted by Gasteiger charge is -2.25. The molecular formula is C24H21N3O5S. The van der Waals surface area contributed by atoms with Crippen molar-refractivity contribution in [3.8, 4) is 6.07 Å². The second-order valence-corrected chi connectivity index (χ2v) is 9.26. The van der Waals surface area contributed by atoms with Gasteiger partial charge in [0, 0.05) is 18.7 Å². The van der Waals surface area contributed by atoms with Crippen LogP contribution in [-0.2, 0) is 10.0 Å². The number of carbonyl (C=O) groups excluding carboxylic acids is 1. The number of amides is 1. The molecule has 168 valence electrons. The van der Waals surface area contributed by atoms with Gasteiger partial charge in [-0.15, -0.1) is 0 Å². The summed E-state index contributed by atoms with van der Waals surface area (Å²) in [6, 6.07) is 19.9. The van der Waals surface area contributed by atoms with Gasteiger partial charge in [0.2, 0.25) is 10.0 Å². The van der Waals surface area contributed by atoms with Crippen molar-refractivity contribution in [1.82, 2.24) is 4.31 Å². The molecule has 9 heteroatoms. The van der Waals surface area contributed by atoms with Gasteiger partial charge in [-0.3, -0.25) is 4.79 Å². The van der Waals surface area contributed by atoms with Crippen LogP contribution in [0.2, 0.25) is 0 Å². The zero-order valence-corrected chi connectivity index (χ0v) is 18.7. The predicted molar refractivity (Wildman–Crippen MR) is 122 cm³/mol. The number of sulfonamides is 1. The van der Waals surface area contributed by atoms with Crippen molar-refractivity contribution in [1.29, 1.82) is 5.26 Å². The number of nitriles is 1. The fourth-order valence-electron chi connectivity index (χ4n) is 3.21. The molecule has 0 heterocycles. The van der Waals surface area contributed by atoms with Crippen LogP contribution in [0.1, 0.15) is 44.8 Å². The molecule has 3 aromatic rings. The normalized spacial score (nSPS) is 12.1. The van der Waals surface area contributed by atoms with Crippen molar-refractivity contribution in [3.63, 3.8) is 0 Å². The summed E-state index contributed by atoms with van der Waals surface area (Å²) in [5, 5.41) is 20.8. The van der Waals surface area contributed by atoms with E-state index in [1.807, 2.05) is 36.4 Å². The highest BCUT2D eigenvalue weighted by Crippen LogP contribution is 2.26. The minimum absolute atomic E-state index is 0.00502. The van der Waals surface area contributed by atoms with Crippen molar-refractivity contribution in [2.24, 2.45) is 0 Å². The largest absolute Gasteiger partial charge is 0.478 e. The Bertz CT molecular complexity index is 1350. The Morgan fingerprint density at radius 1 is 1.03 bits per heavy atom. The van der Waals surface area contributed by atoms with Gasteiger partial charge in [-0.2, -0.15) is 9.57 Å². The van der Waals surface area contributed by atoms with Gasteiger partial charge in [0.1, 0.15) is 0 Å². The van der Waals surface area contributed by atoms with E-state index < -0.39 is 27.9 Å². The number of anilines is 1. The molecule has 0 radical (unpaired) electrons. The standard InChI is InChI=1S/C24H21N3O5S/c1-16(18-7-4-3-5-8-18)27(2)33(31,32)20-10-6-9-19(14-20)23(28)26-22-12-11-17(15-25)13-21(22)24(29)30/h3-14,16H,1-2H3,(H,26,28)(H,29,30). The maximum Gasteiger partial charge on any atom is 0.337 e. The molecule has 0 spiro atoms. The zero-order chi connectivity index (χ0) is 24.2. The number of carboxylic acids is 1. The smallest absolute Gasteiger partial charge is 0.337 e. The molecule has 0 aliphatic rings. The Hall–Kier alpha value is -4.00. The van der Waals surface area contributed by atoms with E-state index in [1.54, 1.807) is 6.92 Å². The molecule has 0 saturated carbocycles. The topological polar surface area (TPSA) is 128 Å². The van der Waals surface area contributed by atoms with Gasteiger partial charge < -0.3 is 10.4 Å². The number of benzene rings is 3. The van der Waals surface area contributed by atoms with E-state index in [1.165, 1.54) is 47.8 Å². The predicted octanol–water partition coefficient (Wildman–Crippen LogP) is 3.89. The molecule has 0 bridgehead atoms. The fraction of sp³-hybridized carbons (Fsp3) is 0.125. The van der Waals surface area contributed by atoms with E-state index in [9.17, 15) is 23.1 Å². The highest BCUT2D eigenvalue weighted by molar-refractivity contribution is 7.89. The Morgan fingerprint density at radius 3 is 2.36 bits per heavy atom. The zero-order valence-electron chi connectivity index (χ0n) is 17.9. The maximum absolute atomic E-state index is 13.2. The average Bonchev–Trinajstić information content (AvgIpc) is 2.83. The average molecular weight is 464 g/mol. The van der Waals surface area contributed by atoms with Crippen LogP contribution in [0, 0.1) is 11.3 Å². The number of hydrogen-bond acceptors (Lipinski definition) is 5. The van der Waals surface area contributed by atoms with Crippen LogP contribution in [0.4, 0.5) is 5.69 Å². The third-order valence-electron chi connectivity index (χ3n) is 5.23. The Labute approximate surface area is 191 Å². The molecular weight excluding hydrogens is 442 g/mol. The lowest BCUT2D eigenvalue weighted by molar-refractivity contribution is 0.0698. The first-order valence-electron chi connectivity index (χ1n) is 9.87. The lowest BCUT2D eigenvalue weighted by atomic mass is 10.1. The van der Waals surface area contributed by atoms with Gasteiger partial charge in [-0.1, -0.05) is 36.4 Å². The van der Waals surface area contributed by atoms with Crippen molar-refractivity contribution in [3.05, 3.63) is 95.1 Å². The third kappa shape index (κ3) is 5.09. The second-order valence-electron chi connectivity index (χ2n) is 7.27. The first-order valence-corrected chi connectivity index (χ1v) is 11.3. The number of carbonyl (C=O) groups is 2. The second kappa shape index (κ2) is 9.65. The van der Waals surface area contributed by atoms with Crippen molar-refractivity contribution >= 4 is 27.6 Å². The van der Waals surface area contributed by atoms with Gasteiger partial charge >= 0.3 is 5.97 Å². The first-order chi connectivity index (χ1) is 15.6. The Balaban J connectivity index is 1.88. The van der Waals surface area contributed by atoms with Crippen LogP contribution in [0.25, 0.3) is 0 Å². The third-order valence-corrected chi connectivity index (χ3v) is 7.15. The summed E-state index contributed by atoms with van der Waals surface area (Å²) in [6.45, 7) is 1.77. The molecule has 3 rings (SSSR count). The molecule has 1 amide bonds. The highest BCUT2D eigenvalue weighted by Gasteiger charge is 2.27. The molecule has 0 fully saturated rings. The maximum atomic E-state index is 13.2. The minimum Gasteiger partial charge on any atom is -0.478 e. The molecule has 2 N–H and O–H groups in total. The Morgan fingerprint density at radius 2 is 1.73 bits per heavy atom. The molecule has 1 unspecified atom stereocenters. The van der Waals surface area contributed by atoms with E-state index in [0.717, 1.165) is 11.6 Å². The molecule has 0 aliphatic carbocycles. The number of aromatic carboxylic acids is 1. The van der Waals surface area contributed by atoms with E-state index in [4.69, 9.17) is 5.26 Å². The molecule has 0 aromatic heterocycles. The van der Waals surface area contributed by atoms with E-state index in [-0.39, 0.29) is 27.3 Å². The van der Waals surface area contributed by atoms with E-state index in [2.05, 4.69) is 5.32 Å². The van der Waals surface area contributed by atoms with Crippen LogP contribution in [0.15, 0.2) is 77.7 Å². The number of nitrogens with zero attached hydrogens (tertiary/aromatic N) is 2. The molecule has 1 atom stereocenters. The summed E-state index contributed by atoms with van der Waals surface area (Å²) in [7, 11) is -2.45. The first kappa shape index (κ1) is 23.7. The van der Waals surface area contributed by atoms with Gasteiger partial charge in [0.25, 0.3) is 5.91 Å². The van der Waals surface area contributed by atoms with Crippen LogP contribution in [0.5, 0.6) is 0 Å². The van der Waals surface area contributed by atoms with Gasteiger partial charge in [-0.05, 0) is 48.9 Å². The summed E-state index contributed by atoms with van der Waals surface area (Å²) in [6.07, 6.45) is 0. The SMILES string of the molecule is CC(c1ccccc1)N(C)S(=O)(=O)c1cccc(C(=O)Nc2ccc(C#N)cc2C(=O)O)c1. The highest BCUT2D eigenvalue weighted by atomic mass is 32.2. The van der Waals surface area contributed by atoms with Crippen LogP contribution in [-0.4, -0.2) is 36.8 Å². The van der Waals surface area contributed by atoms with Crippen LogP contribution < -0.4 is 5.32 Å². The summed E-state index contributed by atoms with van der Waals surface area (Å²) in [5.41, 5.74) is 0.739. The molecule has 8 nitrogen and oxygen atoms in total. The minimum atomic E-state index is -3.92. The van der Waals surface area contributed by atoms with E-state index >= 15 is 0 Å². The molecule has 3 aromatic carbocycles. The number of nitrogens with one attached hydrogen (secondary N) is 1.